The van der Waals surface area contributed by atoms with E-state index in [9.17, 15) is 9.90 Å². The van der Waals surface area contributed by atoms with Crippen LogP contribution in [0.5, 0.6) is 0 Å². The zero-order chi connectivity index (χ0) is 16.1. The fourth-order valence-electron chi connectivity index (χ4n) is 2.76. The number of piperazine rings is 1. The van der Waals surface area contributed by atoms with E-state index in [-0.39, 0.29) is 18.6 Å². The number of carbonyl (C=O) groups is 1. The summed E-state index contributed by atoms with van der Waals surface area (Å²) < 4.78 is 1.79. The molecule has 1 saturated heterocycles. The second-order valence-electron chi connectivity index (χ2n) is 5.75. The van der Waals surface area contributed by atoms with Gasteiger partial charge in [-0.05, 0) is 19.4 Å². The van der Waals surface area contributed by atoms with E-state index in [1.54, 1.807) is 17.0 Å². The van der Waals surface area contributed by atoms with Crippen LogP contribution in [0.2, 0.25) is 0 Å². The number of amides is 1. The highest BCUT2D eigenvalue weighted by molar-refractivity contribution is 5.91. The second kappa shape index (κ2) is 7.56. The van der Waals surface area contributed by atoms with E-state index in [1.165, 1.54) is 0 Å². The first kappa shape index (κ1) is 16.7. The van der Waals surface area contributed by atoms with Gasteiger partial charge in [-0.15, -0.1) is 0 Å². The maximum absolute atomic E-state index is 12.2. The average molecular weight is 306 g/mol. The molecule has 1 aromatic rings. The van der Waals surface area contributed by atoms with Crippen molar-refractivity contribution >= 4 is 12.0 Å². The molecule has 1 unspecified atom stereocenters. The molecule has 2 heterocycles. The van der Waals surface area contributed by atoms with Gasteiger partial charge < -0.3 is 10.0 Å². The van der Waals surface area contributed by atoms with Crippen LogP contribution in [-0.4, -0.2) is 69.4 Å². The molecular formula is C16H26N4O2. The monoisotopic (exact) mass is 306 g/mol. The number of aliphatic hydroxyl groups is 1. The van der Waals surface area contributed by atoms with Crippen LogP contribution in [0, 0.1) is 6.92 Å². The molecule has 1 aliphatic heterocycles. The lowest BCUT2D eigenvalue weighted by atomic mass is 10.1. The Kier molecular flexibility index (Phi) is 5.74. The summed E-state index contributed by atoms with van der Waals surface area (Å²) in [6, 6.07) is 0.214. The largest absolute Gasteiger partial charge is 0.395 e. The topological polar surface area (TPSA) is 61.6 Å². The van der Waals surface area contributed by atoms with Gasteiger partial charge in [0.25, 0.3) is 0 Å². The summed E-state index contributed by atoms with van der Waals surface area (Å²) in [6.07, 6.45) is 6.16. The smallest absolute Gasteiger partial charge is 0.246 e. The molecule has 0 radical (unpaired) electrons. The third kappa shape index (κ3) is 3.75. The molecule has 6 nitrogen and oxygen atoms in total. The van der Waals surface area contributed by atoms with Crippen molar-refractivity contribution in [3.05, 3.63) is 23.5 Å². The normalized spacial score (nSPS) is 18.1. The van der Waals surface area contributed by atoms with Gasteiger partial charge >= 0.3 is 0 Å². The molecule has 122 valence electrons. The van der Waals surface area contributed by atoms with Gasteiger partial charge in [0.05, 0.1) is 12.8 Å². The number of rotatable bonds is 5. The summed E-state index contributed by atoms with van der Waals surface area (Å²) in [5.41, 5.74) is 2.02. The van der Waals surface area contributed by atoms with Gasteiger partial charge in [0.1, 0.15) is 0 Å². The lowest BCUT2D eigenvalue weighted by Crippen LogP contribution is -2.52. The predicted molar refractivity (Wildman–Crippen MR) is 86.3 cm³/mol. The molecule has 0 saturated carbocycles. The molecular weight excluding hydrogens is 280 g/mol. The van der Waals surface area contributed by atoms with E-state index in [0.717, 1.165) is 30.8 Å². The highest BCUT2D eigenvalue weighted by atomic mass is 16.3. The Balaban J connectivity index is 1.89. The van der Waals surface area contributed by atoms with Crippen LogP contribution < -0.4 is 0 Å². The molecule has 1 aliphatic rings. The first-order chi connectivity index (χ1) is 10.6. The van der Waals surface area contributed by atoms with E-state index in [2.05, 4.69) is 16.9 Å². The molecule has 0 aliphatic carbocycles. The number of aliphatic hydroxyl groups excluding tert-OH is 1. The van der Waals surface area contributed by atoms with E-state index >= 15 is 0 Å². The summed E-state index contributed by atoms with van der Waals surface area (Å²) in [4.78, 5) is 16.4. The predicted octanol–water partition coefficient (Wildman–Crippen LogP) is 0.657. The first-order valence-electron chi connectivity index (χ1n) is 7.87. The summed E-state index contributed by atoms with van der Waals surface area (Å²) in [6.45, 7) is 7.32. The Labute approximate surface area is 132 Å². The minimum Gasteiger partial charge on any atom is -0.395 e. The van der Waals surface area contributed by atoms with Gasteiger partial charge in [0.2, 0.25) is 5.91 Å². The molecule has 0 bridgehead atoms. The van der Waals surface area contributed by atoms with Crippen molar-refractivity contribution in [2.75, 3.05) is 32.8 Å². The third-order valence-corrected chi connectivity index (χ3v) is 4.50. The van der Waals surface area contributed by atoms with E-state index in [0.29, 0.717) is 13.1 Å². The number of hydrogen-bond acceptors (Lipinski definition) is 4. The number of aryl methyl sites for hydroxylation is 1. The van der Waals surface area contributed by atoms with Crippen LogP contribution in [-0.2, 0) is 11.8 Å². The van der Waals surface area contributed by atoms with Gasteiger partial charge in [-0.3, -0.25) is 14.4 Å². The number of hydrogen-bond donors (Lipinski definition) is 1. The number of nitrogens with zero attached hydrogens (tertiary/aromatic N) is 4. The van der Waals surface area contributed by atoms with Crippen molar-refractivity contribution in [2.24, 2.45) is 7.05 Å². The van der Waals surface area contributed by atoms with E-state index in [4.69, 9.17) is 0 Å². The van der Waals surface area contributed by atoms with Crippen molar-refractivity contribution in [1.82, 2.24) is 19.6 Å². The highest BCUT2D eigenvalue weighted by Crippen LogP contribution is 2.11. The summed E-state index contributed by atoms with van der Waals surface area (Å²) in [5.74, 6) is 0.0416. The first-order valence-corrected chi connectivity index (χ1v) is 7.87. The van der Waals surface area contributed by atoms with Crippen LogP contribution in [0.4, 0.5) is 0 Å². The molecule has 1 amide bonds. The van der Waals surface area contributed by atoms with Crippen LogP contribution in [0.3, 0.4) is 0 Å². The quantitative estimate of drug-likeness (QED) is 0.812. The van der Waals surface area contributed by atoms with E-state index in [1.807, 2.05) is 24.9 Å². The molecule has 1 N–H and O–H groups in total. The maximum atomic E-state index is 12.2. The third-order valence-electron chi connectivity index (χ3n) is 4.50. The van der Waals surface area contributed by atoms with Crippen molar-refractivity contribution in [1.29, 1.82) is 0 Å². The number of aromatic nitrogens is 2. The summed E-state index contributed by atoms with van der Waals surface area (Å²) >= 11 is 0. The highest BCUT2D eigenvalue weighted by Gasteiger charge is 2.23. The van der Waals surface area contributed by atoms with Gasteiger partial charge in [0.15, 0.2) is 0 Å². The van der Waals surface area contributed by atoms with Crippen molar-refractivity contribution in [3.63, 3.8) is 0 Å². The second-order valence-corrected chi connectivity index (χ2v) is 5.75. The molecule has 22 heavy (non-hydrogen) atoms. The molecule has 6 heteroatoms. The molecule has 1 aromatic heterocycles. The molecule has 0 aromatic carbocycles. The number of carbonyl (C=O) groups excluding carboxylic acids is 1. The van der Waals surface area contributed by atoms with Crippen LogP contribution in [0.15, 0.2) is 12.3 Å². The Morgan fingerprint density at radius 1 is 1.41 bits per heavy atom. The lowest BCUT2D eigenvalue weighted by Gasteiger charge is -2.38. The van der Waals surface area contributed by atoms with Crippen molar-refractivity contribution < 1.29 is 9.90 Å². The fraction of sp³-hybridized carbons (Fsp3) is 0.625. The molecule has 1 fully saturated rings. The summed E-state index contributed by atoms with van der Waals surface area (Å²) in [7, 11) is 1.89. The Morgan fingerprint density at radius 2 is 2.09 bits per heavy atom. The van der Waals surface area contributed by atoms with Gasteiger partial charge in [-0.25, -0.2) is 0 Å². The molecule has 0 spiro atoms. The Hall–Kier alpha value is -1.66. The SMILES string of the molecule is CCC(CO)N1CCN(C(=O)/C=C/c2cnn(C)c2C)CC1. The van der Waals surface area contributed by atoms with Crippen LogP contribution >= 0.6 is 0 Å². The van der Waals surface area contributed by atoms with Crippen LogP contribution in [0.25, 0.3) is 6.08 Å². The van der Waals surface area contributed by atoms with E-state index < -0.39 is 0 Å². The van der Waals surface area contributed by atoms with Gasteiger partial charge in [-0.2, -0.15) is 5.10 Å². The standard InChI is InChI=1S/C16H26N4O2/c1-4-15(12-21)19-7-9-20(10-8-19)16(22)6-5-14-11-17-18(3)13(14)2/h5-6,11,15,21H,4,7-10,12H2,1-3H3/b6-5+. The van der Waals surface area contributed by atoms with Crippen molar-refractivity contribution in [3.8, 4) is 0 Å². The average Bonchev–Trinajstić information content (AvgIpc) is 2.86. The molecule has 2 rings (SSSR count). The fourth-order valence-corrected chi connectivity index (χ4v) is 2.76. The van der Waals surface area contributed by atoms with Gasteiger partial charge in [-0.1, -0.05) is 6.92 Å². The molecule has 1 atom stereocenters. The van der Waals surface area contributed by atoms with Crippen LogP contribution in [0.1, 0.15) is 24.6 Å². The minimum absolute atomic E-state index is 0.0416. The zero-order valence-electron chi connectivity index (χ0n) is 13.7. The zero-order valence-corrected chi connectivity index (χ0v) is 13.7. The summed E-state index contributed by atoms with van der Waals surface area (Å²) in [5, 5.41) is 13.5. The minimum atomic E-state index is 0.0416. The lowest BCUT2D eigenvalue weighted by molar-refractivity contribution is -0.128. The van der Waals surface area contributed by atoms with Gasteiger partial charge in [0, 0.05) is 56.6 Å². The Morgan fingerprint density at radius 3 is 2.59 bits per heavy atom. The Bertz CT molecular complexity index is 526. The van der Waals surface area contributed by atoms with Crippen molar-refractivity contribution in [2.45, 2.75) is 26.3 Å². The maximum Gasteiger partial charge on any atom is 0.246 e.